The molecule has 4 rings (SSSR count). The molecule has 0 unspecified atom stereocenters. The first-order valence-electron chi connectivity index (χ1n) is 11.2. The predicted molar refractivity (Wildman–Crippen MR) is 134 cm³/mol. The lowest BCUT2D eigenvalue weighted by molar-refractivity contribution is 0.0689. The van der Waals surface area contributed by atoms with E-state index in [2.05, 4.69) is 10.1 Å². The van der Waals surface area contributed by atoms with Crippen molar-refractivity contribution in [1.29, 1.82) is 0 Å². The van der Waals surface area contributed by atoms with E-state index in [0.29, 0.717) is 46.8 Å². The summed E-state index contributed by atoms with van der Waals surface area (Å²) in [4.78, 5) is 19.8. The highest BCUT2D eigenvalue weighted by Gasteiger charge is 2.25. The normalized spacial score (nSPS) is 11.7. The van der Waals surface area contributed by atoms with Crippen LogP contribution in [0.15, 0.2) is 77.3 Å². The van der Waals surface area contributed by atoms with Gasteiger partial charge in [-0.2, -0.15) is 4.98 Å². The lowest BCUT2D eigenvalue weighted by atomic mass is 10.0. The number of nitrogens with zero attached hydrogens (tertiary/aromatic N) is 3. The molecule has 3 aromatic carbocycles. The Morgan fingerprint density at radius 2 is 1.71 bits per heavy atom. The summed E-state index contributed by atoms with van der Waals surface area (Å²) in [6.07, 6.45) is 0.383. The van der Waals surface area contributed by atoms with E-state index in [1.165, 1.54) is 0 Å². The van der Waals surface area contributed by atoms with Gasteiger partial charge in [-0.25, -0.2) is 0 Å². The zero-order valence-corrected chi connectivity index (χ0v) is 20.5. The minimum Gasteiger partial charge on any atom is -0.493 e. The highest BCUT2D eigenvalue weighted by molar-refractivity contribution is 6.33. The van der Waals surface area contributed by atoms with Gasteiger partial charge < -0.3 is 18.9 Å². The second-order valence-corrected chi connectivity index (χ2v) is 8.30. The molecule has 180 valence electrons. The first kappa shape index (κ1) is 24.3. The monoisotopic (exact) mass is 491 g/mol. The van der Waals surface area contributed by atoms with Crippen LogP contribution in [0.25, 0.3) is 11.4 Å². The fourth-order valence-electron chi connectivity index (χ4n) is 3.84. The first-order valence-corrected chi connectivity index (χ1v) is 11.5. The predicted octanol–water partition coefficient (Wildman–Crippen LogP) is 5.85. The second-order valence-electron chi connectivity index (χ2n) is 7.90. The average Bonchev–Trinajstić information content (AvgIpc) is 3.38. The lowest BCUT2D eigenvalue weighted by Crippen LogP contribution is -2.35. The van der Waals surface area contributed by atoms with Crippen molar-refractivity contribution < 1.29 is 18.8 Å². The smallest absolute Gasteiger partial charge is 0.255 e. The van der Waals surface area contributed by atoms with Crippen LogP contribution in [-0.4, -0.2) is 41.7 Å². The fourth-order valence-corrected chi connectivity index (χ4v) is 4.05. The Morgan fingerprint density at radius 3 is 2.43 bits per heavy atom. The van der Waals surface area contributed by atoms with E-state index in [-0.39, 0.29) is 11.9 Å². The molecule has 1 heterocycles. The van der Waals surface area contributed by atoms with Crippen LogP contribution >= 0.6 is 11.6 Å². The second kappa shape index (κ2) is 11.1. The van der Waals surface area contributed by atoms with Gasteiger partial charge in [0.25, 0.3) is 5.91 Å². The number of rotatable bonds is 9. The van der Waals surface area contributed by atoms with E-state index < -0.39 is 0 Å². The Bertz CT molecular complexity index is 1290. The van der Waals surface area contributed by atoms with Crippen molar-refractivity contribution in [3.63, 3.8) is 0 Å². The zero-order valence-electron chi connectivity index (χ0n) is 19.8. The minimum absolute atomic E-state index is 0.161. The molecule has 0 aliphatic heterocycles. The molecule has 1 atom stereocenters. The number of aromatic nitrogens is 2. The number of halogens is 1. The number of ether oxygens (including phenoxy) is 2. The molecule has 0 saturated carbocycles. The van der Waals surface area contributed by atoms with Crippen molar-refractivity contribution in [2.45, 2.75) is 19.4 Å². The Kier molecular flexibility index (Phi) is 7.67. The van der Waals surface area contributed by atoms with E-state index in [1.54, 1.807) is 55.5 Å². The molecule has 7 nitrogen and oxygen atoms in total. The van der Waals surface area contributed by atoms with E-state index in [1.807, 2.05) is 43.3 Å². The van der Waals surface area contributed by atoms with Gasteiger partial charge in [-0.1, -0.05) is 59.2 Å². The van der Waals surface area contributed by atoms with Crippen molar-refractivity contribution in [1.82, 2.24) is 15.0 Å². The summed E-state index contributed by atoms with van der Waals surface area (Å²) >= 11 is 6.34. The van der Waals surface area contributed by atoms with Crippen LogP contribution in [0.5, 0.6) is 11.5 Å². The topological polar surface area (TPSA) is 77.7 Å². The molecule has 0 fully saturated rings. The maximum atomic E-state index is 13.5. The van der Waals surface area contributed by atoms with Crippen LogP contribution < -0.4 is 9.47 Å². The molecule has 35 heavy (non-hydrogen) atoms. The van der Waals surface area contributed by atoms with Gasteiger partial charge in [0.05, 0.1) is 30.8 Å². The molecule has 8 heteroatoms. The number of benzene rings is 3. The standard InChI is InChI=1S/C27H26ClN3O4/c1-18(19-9-5-4-6-10-19)31(27(32)21-11-7-8-12-22(21)28)16-15-25-29-26(30-35-25)20-13-14-23(33-2)24(17-20)34-3/h4-14,17-18H,15-16H2,1-3H3/t18-/m1/s1. The molecule has 0 saturated heterocycles. The number of hydrogen-bond donors (Lipinski definition) is 0. The molecular formula is C27H26ClN3O4. The minimum atomic E-state index is -0.187. The van der Waals surface area contributed by atoms with Gasteiger partial charge in [-0.05, 0) is 42.8 Å². The van der Waals surface area contributed by atoms with Gasteiger partial charge >= 0.3 is 0 Å². The Morgan fingerprint density at radius 1 is 1.00 bits per heavy atom. The number of carbonyl (C=O) groups excluding carboxylic acids is 1. The fraction of sp³-hybridized carbons (Fsp3) is 0.222. The lowest BCUT2D eigenvalue weighted by Gasteiger charge is -2.29. The molecule has 0 radical (unpaired) electrons. The number of carbonyl (C=O) groups is 1. The highest BCUT2D eigenvalue weighted by atomic mass is 35.5. The van der Waals surface area contributed by atoms with Gasteiger partial charge in [0.15, 0.2) is 11.5 Å². The van der Waals surface area contributed by atoms with E-state index in [4.69, 9.17) is 25.6 Å². The summed E-state index contributed by atoms with van der Waals surface area (Å²) in [5, 5.41) is 4.52. The molecule has 0 aliphatic carbocycles. The summed E-state index contributed by atoms with van der Waals surface area (Å²) in [7, 11) is 3.15. The Balaban J connectivity index is 1.56. The van der Waals surface area contributed by atoms with Crippen molar-refractivity contribution in [3.8, 4) is 22.9 Å². The summed E-state index contributed by atoms with van der Waals surface area (Å²) in [5.74, 6) is 1.88. The Labute approximate surface area is 209 Å². The molecule has 0 N–H and O–H groups in total. The van der Waals surface area contributed by atoms with Crippen LogP contribution in [0.4, 0.5) is 0 Å². The molecular weight excluding hydrogens is 466 g/mol. The molecule has 0 spiro atoms. The van der Waals surface area contributed by atoms with E-state index in [9.17, 15) is 4.79 Å². The van der Waals surface area contributed by atoms with Gasteiger partial charge in [0.2, 0.25) is 11.7 Å². The van der Waals surface area contributed by atoms with Crippen LogP contribution in [0, 0.1) is 0 Å². The van der Waals surface area contributed by atoms with E-state index in [0.717, 1.165) is 11.1 Å². The van der Waals surface area contributed by atoms with Crippen LogP contribution in [0.1, 0.15) is 34.8 Å². The third kappa shape index (κ3) is 5.46. The third-order valence-corrected chi connectivity index (χ3v) is 6.12. The molecule has 1 aromatic heterocycles. The van der Waals surface area contributed by atoms with Crippen LogP contribution in [0.2, 0.25) is 5.02 Å². The third-order valence-electron chi connectivity index (χ3n) is 5.79. The van der Waals surface area contributed by atoms with Crippen LogP contribution in [0.3, 0.4) is 0 Å². The highest BCUT2D eigenvalue weighted by Crippen LogP contribution is 2.31. The number of hydrogen-bond acceptors (Lipinski definition) is 6. The van der Waals surface area contributed by atoms with Gasteiger partial charge in [0.1, 0.15) is 0 Å². The Hall–Kier alpha value is -3.84. The van der Waals surface area contributed by atoms with Gasteiger partial charge in [0, 0.05) is 18.5 Å². The van der Waals surface area contributed by atoms with Crippen molar-refractivity contribution >= 4 is 17.5 Å². The molecule has 0 aliphatic rings. The molecule has 0 bridgehead atoms. The summed E-state index contributed by atoms with van der Waals surface area (Å²) in [5.41, 5.74) is 2.21. The van der Waals surface area contributed by atoms with Crippen LogP contribution in [-0.2, 0) is 6.42 Å². The van der Waals surface area contributed by atoms with Gasteiger partial charge in [-0.15, -0.1) is 0 Å². The maximum absolute atomic E-state index is 13.5. The summed E-state index contributed by atoms with van der Waals surface area (Å²) in [6, 6.07) is 22.1. The maximum Gasteiger partial charge on any atom is 0.255 e. The van der Waals surface area contributed by atoms with E-state index >= 15 is 0 Å². The zero-order chi connectivity index (χ0) is 24.8. The SMILES string of the molecule is COc1ccc(-c2noc(CCN(C(=O)c3ccccc3Cl)[C@H](C)c3ccccc3)n2)cc1OC. The number of amides is 1. The van der Waals surface area contributed by atoms with Gasteiger partial charge in [-0.3, -0.25) is 4.79 Å². The van der Waals surface area contributed by atoms with Crippen molar-refractivity contribution in [3.05, 3.63) is 94.8 Å². The quantitative estimate of drug-likeness (QED) is 0.292. The number of methoxy groups -OCH3 is 2. The molecule has 1 amide bonds. The van der Waals surface area contributed by atoms with Crippen molar-refractivity contribution in [2.24, 2.45) is 0 Å². The summed E-state index contributed by atoms with van der Waals surface area (Å²) in [6.45, 7) is 2.36. The first-order chi connectivity index (χ1) is 17.0. The molecule has 4 aromatic rings. The van der Waals surface area contributed by atoms with Crippen molar-refractivity contribution in [2.75, 3.05) is 20.8 Å². The largest absolute Gasteiger partial charge is 0.493 e. The average molecular weight is 492 g/mol. The summed E-state index contributed by atoms with van der Waals surface area (Å²) < 4.78 is 16.1.